The van der Waals surface area contributed by atoms with Crippen LogP contribution in [0.25, 0.3) is 54.9 Å². The van der Waals surface area contributed by atoms with Crippen LogP contribution in [-0.4, -0.2) is 0 Å². The van der Waals surface area contributed by atoms with Crippen LogP contribution >= 0.6 is 11.3 Å². The summed E-state index contributed by atoms with van der Waals surface area (Å²) in [6, 6.07) is 62.2. The van der Waals surface area contributed by atoms with Crippen LogP contribution in [0.15, 0.2) is 182 Å². The maximum Gasteiger partial charge on any atom is 0.0713 e. The number of nitrogens with one attached hydrogen (secondary N) is 1. The Kier molecular flexibility index (Phi) is 8.49. The van der Waals surface area contributed by atoms with Crippen molar-refractivity contribution in [1.82, 2.24) is 0 Å². The first-order chi connectivity index (χ1) is 28.7. The molecule has 0 fully saturated rings. The zero-order valence-electron chi connectivity index (χ0n) is 32.6. The Bertz CT molecular complexity index is 3030. The summed E-state index contributed by atoms with van der Waals surface area (Å²) >= 11 is 1.90. The van der Waals surface area contributed by atoms with Crippen molar-refractivity contribution in [3.63, 3.8) is 0 Å². The van der Waals surface area contributed by atoms with Crippen molar-refractivity contribution in [1.29, 1.82) is 0 Å². The minimum Gasteiger partial charge on any atom is -0.354 e. The molecule has 0 aliphatic heterocycles. The van der Waals surface area contributed by atoms with Gasteiger partial charge in [0.05, 0.1) is 15.8 Å². The summed E-state index contributed by atoms with van der Waals surface area (Å²) in [7, 11) is 0. The van der Waals surface area contributed by atoms with Gasteiger partial charge in [-0.3, -0.25) is 0 Å². The third-order valence-electron chi connectivity index (χ3n) is 12.7. The fourth-order valence-electron chi connectivity index (χ4n) is 10.2. The molecule has 8 aromatic carbocycles. The maximum absolute atomic E-state index is 3.77. The van der Waals surface area contributed by atoms with E-state index < -0.39 is 0 Å². The quantitative estimate of drug-likeness (QED) is 0.176. The number of benzene rings is 8. The molecule has 1 N–H and O–H groups in total. The lowest BCUT2D eigenvalue weighted by Crippen LogP contribution is -2.28. The number of hydrogen-bond acceptors (Lipinski definition) is 2. The summed E-state index contributed by atoms with van der Waals surface area (Å²) in [5.41, 5.74) is 14.3. The van der Waals surface area contributed by atoms with Gasteiger partial charge in [-0.2, -0.15) is 0 Å². The number of thiophene rings is 1. The standard InChI is InChI=1S/C38H29NS.C18H14/c1-25-11-9-20-35-36(25)31-16-10-19-34(37(31)40-35)39-28-23-21-27(22-24-28)38(26-12-3-2-4-13-26)32-17-7-5-14-29(32)30-15-6-8-18-33(30)38;1-2-8-14-13(7-1)15-9-3-4-11-17(15)18-12-6-5-10-16(14)18/h2-10,12-25,39H,11H2,1H3;1-5,7-11H,6,12H2. The molecule has 58 heavy (non-hydrogen) atoms. The van der Waals surface area contributed by atoms with Gasteiger partial charge < -0.3 is 5.32 Å². The lowest BCUT2D eigenvalue weighted by atomic mass is 9.68. The van der Waals surface area contributed by atoms with Gasteiger partial charge in [-0.05, 0) is 126 Å². The van der Waals surface area contributed by atoms with Gasteiger partial charge in [0.2, 0.25) is 0 Å². The summed E-state index contributed by atoms with van der Waals surface area (Å²) in [6.07, 6.45) is 12.7. The Hall–Kier alpha value is -6.48. The molecule has 0 radical (unpaired) electrons. The monoisotopic (exact) mass is 761 g/mol. The largest absolute Gasteiger partial charge is 0.354 e. The van der Waals surface area contributed by atoms with Gasteiger partial charge in [-0.25, -0.2) is 0 Å². The fourth-order valence-corrected chi connectivity index (χ4v) is 11.5. The molecule has 0 saturated carbocycles. The van der Waals surface area contributed by atoms with Crippen LogP contribution in [0.4, 0.5) is 11.4 Å². The third kappa shape index (κ3) is 5.43. The average Bonchev–Trinajstić information content (AvgIpc) is 3.83. The van der Waals surface area contributed by atoms with E-state index in [9.17, 15) is 0 Å². The van der Waals surface area contributed by atoms with E-state index in [1.54, 1.807) is 0 Å². The van der Waals surface area contributed by atoms with Gasteiger partial charge in [0, 0.05) is 10.6 Å². The Morgan fingerprint density at radius 3 is 1.88 bits per heavy atom. The molecular weight excluding hydrogens is 719 g/mol. The molecule has 1 atom stereocenters. The first-order valence-electron chi connectivity index (χ1n) is 20.6. The van der Waals surface area contributed by atoms with Crippen molar-refractivity contribution in [2.24, 2.45) is 0 Å². The second-order valence-electron chi connectivity index (χ2n) is 15.9. The van der Waals surface area contributed by atoms with Gasteiger partial charge in [0.1, 0.15) is 0 Å². The van der Waals surface area contributed by atoms with E-state index in [1.165, 1.54) is 92.3 Å². The second-order valence-corrected chi connectivity index (χ2v) is 17.0. The van der Waals surface area contributed by atoms with Gasteiger partial charge in [-0.1, -0.05) is 177 Å². The van der Waals surface area contributed by atoms with E-state index in [0.717, 1.165) is 24.9 Å². The Labute approximate surface area is 344 Å². The number of rotatable bonds is 4. The topological polar surface area (TPSA) is 12.0 Å². The van der Waals surface area contributed by atoms with Gasteiger partial charge in [-0.15, -0.1) is 11.3 Å². The van der Waals surface area contributed by atoms with Crippen LogP contribution in [0.3, 0.4) is 0 Å². The summed E-state index contributed by atoms with van der Waals surface area (Å²) in [5, 5.41) is 10.7. The summed E-state index contributed by atoms with van der Waals surface area (Å²) in [4.78, 5) is 1.40. The Morgan fingerprint density at radius 2 is 1.14 bits per heavy atom. The highest BCUT2D eigenvalue weighted by Gasteiger charge is 2.45. The Morgan fingerprint density at radius 1 is 0.534 bits per heavy atom. The summed E-state index contributed by atoms with van der Waals surface area (Å²) < 4.78 is 1.34. The van der Waals surface area contributed by atoms with Gasteiger partial charge >= 0.3 is 0 Å². The molecule has 0 amide bonds. The lowest BCUT2D eigenvalue weighted by Gasteiger charge is -2.34. The molecule has 3 aliphatic rings. The average molecular weight is 762 g/mol. The van der Waals surface area contributed by atoms with Crippen molar-refractivity contribution >= 4 is 66.5 Å². The molecule has 0 spiro atoms. The van der Waals surface area contributed by atoms with Crippen LogP contribution in [-0.2, 0) is 11.8 Å². The number of hydrogen-bond donors (Lipinski definition) is 1. The number of fused-ring (bicyclic) bond motifs is 12. The SMILES string of the molecule is C1=Cc2c(c3ccccc3c3ccccc23)CC1.CC1CC=Cc2sc3c(Nc4ccc(C5(c6ccccc6)c6ccccc6-c6ccccc65)cc4)cccc3c21. The van der Waals surface area contributed by atoms with Gasteiger partial charge in [0.25, 0.3) is 0 Å². The minimum atomic E-state index is -0.359. The second kappa shape index (κ2) is 14.2. The molecule has 3 aliphatic carbocycles. The number of aryl methyl sites for hydroxylation is 1. The van der Waals surface area contributed by atoms with Crippen LogP contribution < -0.4 is 5.32 Å². The van der Waals surface area contributed by atoms with Crippen molar-refractivity contribution in [2.75, 3.05) is 5.32 Å². The molecular formula is C56H43NS. The molecule has 9 aromatic rings. The highest BCUT2D eigenvalue weighted by atomic mass is 32.1. The number of anilines is 2. The molecule has 2 heteroatoms. The summed E-state index contributed by atoms with van der Waals surface area (Å²) in [5.74, 6) is 0.564. The van der Waals surface area contributed by atoms with E-state index >= 15 is 0 Å². The van der Waals surface area contributed by atoms with Crippen molar-refractivity contribution in [2.45, 2.75) is 37.5 Å². The zero-order valence-corrected chi connectivity index (χ0v) is 33.4. The Balaban J connectivity index is 0.000000178. The van der Waals surface area contributed by atoms with Crippen molar-refractivity contribution < 1.29 is 0 Å². The van der Waals surface area contributed by atoms with Crippen LogP contribution in [0.2, 0.25) is 0 Å². The van der Waals surface area contributed by atoms with E-state index in [-0.39, 0.29) is 5.41 Å². The minimum absolute atomic E-state index is 0.359. The lowest BCUT2D eigenvalue weighted by molar-refractivity contribution is 0.768. The zero-order chi connectivity index (χ0) is 38.6. The molecule has 278 valence electrons. The molecule has 1 heterocycles. The fraction of sp³-hybridized carbons (Fsp3) is 0.107. The first-order valence-corrected chi connectivity index (χ1v) is 21.4. The third-order valence-corrected chi connectivity index (χ3v) is 13.9. The molecule has 1 unspecified atom stereocenters. The predicted molar refractivity (Wildman–Crippen MR) is 250 cm³/mol. The van der Waals surface area contributed by atoms with E-state index in [4.69, 9.17) is 0 Å². The molecule has 0 bridgehead atoms. The predicted octanol–water partition coefficient (Wildman–Crippen LogP) is 15.5. The van der Waals surface area contributed by atoms with E-state index in [2.05, 4.69) is 206 Å². The smallest absolute Gasteiger partial charge is 0.0713 e. The van der Waals surface area contributed by atoms with Gasteiger partial charge in [0.15, 0.2) is 0 Å². The van der Waals surface area contributed by atoms with E-state index in [1.807, 2.05) is 11.3 Å². The highest BCUT2D eigenvalue weighted by molar-refractivity contribution is 7.20. The molecule has 1 aromatic heterocycles. The maximum atomic E-state index is 3.77. The molecule has 12 rings (SSSR count). The molecule has 1 nitrogen and oxygen atoms in total. The van der Waals surface area contributed by atoms with Crippen LogP contribution in [0, 0.1) is 0 Å². The summed E-state index contributed by atoms with van der Waals surface area (Å²) in [6.45, 7) is 2.34. The van der Waals surface area contributed by atoms with Crippen LogP contribution in [0.1, 0.15) is 69.5 Å². The van der Waals surface area contributed by atoms with Crippen molar-refractivity contribution in [3.8, 4) is 11.1 Å². The molecule has 0 saturated heterocycles. The first kappa shape index (κ1) is 34.7. The van der Waals surface area contributed by atoms with Crippen molar-refractivity contribution in [3.05, 3.63) is 226 Å². The van der Waals surface area contributed by atoms with Crippen LogP contribution in [0.5, 0.6) is 0 Å². The highest BCUT2D eigenvalue weighted by Crippen LogP contribution is 2.56. The van der Waals surface area contributed by atoms with E-state index in [0.29, 0.717) is 5.92 Å². The number of allylic oxidation sites excluding steroid dienone is 2. The normalized spacial score (nSPS) is 15.6.